The lowest BCUT2D eigenvalue weighted by molar-refractivity contribution is -0.150. The van der Waals surface area contributed by atoms with E-state index in [0.717, 1.165) is 25.2 Å². The second kappa shape index (κ2) is 23.1. The third-order valence-corrected chi connectivity index (χ3v) is 6.22. The summed E-state index contributed by atoms with van der Waals surface area (Å²) in [5.74, 6) is 0.870. The van der Waals surface area contributed by atoms with Crippen molar-refractivity contribution in [2.24, 2.45) is 5.92 Å². The number of unbranched alkanes of at least 4 members (excludes halogenated alkanes) is 14. The lowest BCUT2D eigenvalue weighted by Crippen LogP contribution is -2.18. The molecular formula is C28H56O2. The first-order chi connectivity index (χ1) is 14.6. The van der Waals surface area contributed by atoms with Crippen molar-refractivity contribution in [1.82, 2.24) is 0 Å². The van der Waals surface area contributed by atoms with Gasteiger partial charge in [0.05, 0.1) is 0 Å². The van der Waals surface area contributed by atoms with Crippen molar-refractivity contribution in [2.75, 3.05) is 0 Å². The second-order valence-electron chi connectivity index (χ2n) is 9.93. The van der Waals surface area contributed by atoms with Gasteiger partial charge in [-0.1, -0.05) is 124 Å². The summed E-state index contributed by atoms with van der Waals surface area (Å²) in [6.07, 6.45) is 26.1. The molecular weight excluding hydrogens is 368 g/mol. The van der Waals surface area contributed by atoms with Crippen LogP contribution in [0.15, 0.2) is 0 Å². The Kier molecular flexibility index (Phi) is 22.7. The number of rotatable bonds is 23. The molecule has 0 aromatic carbocycles. The number of carbonyl (C=O) groups is 1. The molecule has 0 spiro atoms. The molecule has 0 aliphatic rings. The van der Waals surface area contributed by atoms with E-state index in [1.807, 2.05) is 0 Å². The van der Waals surface area contributed by atoms with Crippen LogP contribution in [0.2, 0.25) is 0 Å². The van der Waals surface area contributed by atoms with Gasteiger partial charge >= 0.3 is 5.97 Å². The number of ether oxygens (including phenoxy) is 1. The molecule has 0 unspecified atom stereocenters. The zero-order valence-corrected chi connectivity index (χ0v) is 21.3. The second-order valence-corrected chi connectivity index (χ2v) is 9.93. The number of esters is 1. The fraction of sp³-hybridized carbons (Fsp3) is 0.964. The van der Waals surface area contributed by atoms with E-state index >= 15 is 0 Å². The molecule has 30 heavy (non-hydrogen) atoms. The van der Waals surface area contributed by atoms with Gasteiger partial charge in [-0.25, -0.2) is 0 Å². The summed E-state index contributed by atoms with van der Waals surface area (Å²) in [5.41, 5.74) is 0. The maximum absolute atomic E-state index is 12.4. The predicted molar refractivity (Wildman–Crippen MR) is 133 cm³/mol. The molecule has 0 atom stereocenters. The third-order valence-electron chi connectivity index (χ3n) is 6.22. The van der Waals surface area contributed by atoms with Crippen LogP contribution in [-0.4, -0.2) is 12.1 Å². The van der Waals surface area contributed by atoms with E-state index in [1.165, 1.54) is 109 Å². The van der Waals surface area contributed by atoms with Gasteiger partial charge in [0, 0.05) is 6.42 Å². The van der Waals surface area contributed by atoms with Gasteiger partial charge in [0.15, 0.2) is 0 Å². The summed E-state index contributed by atoms with van der Waals surface area (Å²) in [6, 6.07) is 0. The lowest BCUT2D eigenvalue weighted by atomic mass is 10.0. The molecule has 0 amide bonds. The Hall–Kier alpha value is -0.530. The van der Waals surface area contributed by atoms with Gasteiger partial charge in [0.1, 0.15) is 6.10 Å². The summed E-state index contributed by atoms with van der Waals surface area (Å²) < 4.78 is 5.93. The standard InChI is InChI=1S/C28H56O2/c1-5-7-9-11-15-19-23-27(24-20-16-12-10-8-6-2)30-28(29)25-21-17-13-14-18-22-26(3)4/h26-27H,5-25H2,1-4H3. The highest BCUT2D eigenvalue weighted by atomic mass is 16.5. The van der Waals surface area contributed by atoms with Crippen molar-refractivity contribution < 1.29 is 9.53 Å². The highest BCUT2D eigenvalue weighted by molar-refractivity contribution is 5.69. The molecule has 0 aliphatic carbocycles. The van der Waals surface area contributed by atoms with E-state index in [1.54, 1.807) is 0 Å². The Morgan fingerprint density at radius 1 is 0.567 bits per heavy atom. The van der Waals surface area contributed by atoms with Crippen LogP contribution in [0.25, 0.3) is 0 Å². The fourth-order valence-corrected chi connectivity index (χ4v) is 4.16. The molecule has 0 N–H and O–H groups in total. The van der Waals surface area contributed by atoms with Crippen molar-refractivity contribution in [3.63, 3.8) is 0 Å². The molecule has 0 aliphatic heterocycles. The minimum atomic E-state index is 0.0548. The van der Waals surface area contributed by atoms with Crippen molar-refractivity contribution >= 4 is 5.97 Å². The van der Waals surface area contributed by atoms with Crippen LogP contribution < -0.4 is 0 Å². The first kappa shape index (κ1) is 29.5. The Morgan fingerprint density at radius 3 is 1.43 bits per heavy atom. The van der Waals surface area contributed by atoms with Gasteiger partial charge < -0.3 is 4.74 Å². The summed E-state index contributed by atoms with van der Waals surface area (Å²) in [4.78, 5) is 12.4. The smallest absolute Gasteiger partial charge is 0.306 e. The fourth-order valence-electron chi connectivity index (χ4n) is 4.16. The van der Waals surface area contributed by atoms with Crippen LogP contribution in [0.4, 0.5) is 0 Å². The highest BCUT2D eigenvalue weighted by Gasteiger charge is 2.14. The SMILES string of the molecule is CCCCCCCCC(CCCCCCCC)OC(=O)CCCCCCCC(C)C. The van der Waals surface area contributed by atoms with E-state index < -0.39 is 0 Å². The summed E-state index contributed by atoms with van der Waals surface area (Å²) >= 11 is 0. The summed E-state index contributed by atoms with van der Waals surface area (Å²) in [5, 5.41) is 0. The Morgan fingerprint density at radius 2 is 0.967 bits per heavy atom. The van der Waals surface area contributed by atoms with Crippen molar-refractivity contribution in [2.45, 2.75) is 169 Å². The molecule has 0 bridgehead atoms. The van der Waals surface area contributed by atoms with Crippen LogP contribution in [0.1, 0.15) is 163 Å². The molecule has 2 nitrogen and oxygen atoms in total. The minimum absolute atomic E-state index is 0.0548. The predicted octanol–water partition coefficient (Wildman–Crippen LogP) is 9.79. The van der Waals surface area contributed by atoms with Crippen molar-refractivity contribution in [3.05, 3.63) is 0 Å². The molecule has 0 aromatic heterocycles. The Labute approximate surface area is 190 Å². The zero-order valence-electron chi connectivity index (χ0n) is 21.3. The van der Waals surface area contributed by atoms with Gasteiger partial charge in [-0.05, 0) is 38.0 Å². The molecule has 180 valence electrons. The topological polar surface area (TPSA) is 26.3 Å². The average Bonchev–Trinajstić information content (AvgIpc) is 2.71. The third kappa shape index (κ3) is 22.2. The Bertz CT molecular complexity index is 335. The molecule has 0 radical (unpaired) electrons. The lowest BCUT2D eigenvalue weighted by Gasteiger charge is -2.18. The van der Waals surface area contributed by atoms with Crippen LogP contribution in [0.5, 0.6) is 0 Å². The van der Waals surface area contributed by atoms with Crippen LogP contribution in [-0.2, 0) is 9.53 Å². The van der Waals surface area contributed by atoms with Gasteiger partial charge in [-0.3, -0.25) is 4.79 Å². The zero-order chi connectivity index (χ0) is 22.3. The van der Waals surface area contributed by atoms with Crippen molar-refractivity contribution in [1.29, 1.82) is 0 Å². The quantitative estimate of drug-likeness (QED) is 0.120. The van der Waals surface area contributed by atoms with Gasteiger partial charge in [-0.15, -0.1) is 0 Å². The number of carbonyl (C=O) groups excluding carboxylic acids is 1. The number of hydrogen-bond acceptors (Lipinski definition) is 2. The van der Waals surface area contributed by atoms with E-state index in [9.17, 15) is 4.79 Å². The van der Waals surface area contributed by atoms with E-state index in [2.05, 4.69) is 27.7 Å². The normalized spacial score (nSPS) is 11.5. The van der Waals surface area contributed by atoms with E-state index in [4.69, 9.17) is 4.74 Å². The van der Waals surface area contributed by atoms with Crippen LogP contribution in [0, 0.1) is 5.92 Å². The van der Waals surface area contributed by atoms with E-state index in [0.29, 0.717) is 6.42 Å². The molecule has 0 heterocycles. The molecule has 0 rings (SSSR count). The van der Waals surface area contributed by atoms with Gasteiger partial charge in [0.25, 0.3) is 0 Å². The monoisotopic (exact) mass is 424 g/mol. The molecule has 0 fully saturated rings. The van der Waals surface area contributed by atoms with Gasteiger partial charge in [-0.2, -0.15) is 0 Å². The van der Waals surface area contributed by atoms with Crippen LogP contribution >= 0.6 is 0 Å². The summed E-state index contributed by atoms with van der Waals surface area (Å²) in [6.45, 7) is 9.12. The van der Waals surface area contributed by atoms with Crippen molar-refractivity contribution in [3.8, 4) is 0 Å². The molecule has 0 saturated heterocycles. The molecule has 2 heteroatoms. The largest absolute Gasteiger partial charge is 0.462 e. The average molecular weight is 425 g/mol. The summed E-state index contributed by atoms with van der Waals surface area (Å²) in [7, 11) is 0. The first-order valence-electron chi connectivity index (χ1n) is 13.8. The van der Waals surface area contributed by atoms with Gasteiger partial charge in [0.2, 0.25) is 0 Å². The maximum Gasteiger partial charge on any atom is 0.306 e. The maximum atomic E-state index is 12.4. The minimum Gasteiger partial charge on any atom is -0.462 e. The Balaban J connectivity index is 3.99. The van der Waals surface area contributed by atoms with Crippen LogP contribution in [0.3, 0.4) is 0 Å². The highest BCUT2D eigenvalue weighted by Crippen LogP contribution is 2.18. The van der Waals surface area contributed by atoms with E-state index in [-0.39, 0.29) is 12.1 Å². The first-order valence-corrected chi connectivity index (χ1v) is 13.8. The molecule has 0 saturated carbocycles. The number of hydrogen-bond donors (Lipinski definition) is 0. The molecule has 0 aromatic rings.